The highest BCUT2D eigenvalue weighted by Gasteiger charge is 2.19. The fraction of sp³-hybridized carbons (Fsp3) is 0.300. The number of likely N-dealkylation sites (N-methyl/N-ethyl adjacent to an activating group) is 1. The van der Waals surface area contributed by atoms with Gasteiger partial charge in [-0.2, -0.15) is 0 Å². The highest BCUT2D eigenvalue weighted by atomic mass is 35.5. The van der Waals surface area contributed by atoms with E-state index in [0.717, 1.165) is 16.3 Å². The number of fused-ring (bicyclic) bond motifs is 1. The van der Waals surface area contributed by atoms with Gasteiger partial charge >= 0.3 is 0 Å². The summed E-state index contributed by atoms with van der Waals surface area (Å²) in [4.78, 5) is 6.25. The van der Waals surface area contributed by atoms with Crippen LogP contribution in [0.25, 0.3) is 5.03 Å². The molecule has 0 radical (unpaired) electrons. The first-order valence-corrected chi connectivity index (χ1v) is 4.62. The van der Waals surface area contributed by atoms with Gasteiger partial charge in [-0.25, -0.2) is 0 Å². The van der Waals surface area contributed by atoms with Crippen LogP contribution in [-0.4, -0.2) is 18.1 Å². The molecule has 3 heteroatoms. The highest BCUT2D eigenvalue weighted by molar-refractivity contribution is 6.49. The van der Waals surface area contributed by atoms with Gasteiger partial charge in [-0.05, 0) is 19.1 Å². The van der Waals surface area contributed by atoms with Crippen LogP contribution in [0.1, 0.15) is 12.5 Å². The molecule has 2 rings (SSSR count). The van der Waals surface area contributed by atoms with Crippen molar-refractivity contribution in [2.75, 3.05) is 11.9 Å². The average molecular weight is 195 g/mol. The van der Waals surface area contributed by atoms with E-state index >= 15 is 0 Å². The molecule has 0 saturated heterocycles. The van der Waals surface area contributed by atoms with Crippen molar-refractivity contribution in [1.29, 1.82) is 0 Å². The van der Waals surface area contributed by atoms with Crippen molar-refractivity contribution in [2.45, 2.75) is 13.0 Å². The molecule has 68 valence electrons. The number of anilines is 1. The van der Waals surface area contributed by atoms with E-state index < -0.39 is 0 Å². The van der Waals surface area contributed by atoms with Crippen molar-refractivity contribution in [3.05, 3.63) is 30.1 Å². The summed E-state index contributed by atoms with van der Waals surface area (Å²) in [7, 11) is 2.05. The van der Waals surface area contributed by atoms with E-state index in [2.05, 4.69) is 16.8 Å². The van der Waals surface area contributed by atoms with E-state index in [1.54, 1.807) is 6.20 Å². The lowest BCUT2D eigenvalue weighted by Gasteiger charge is -2.30. The second-order valence-corrected chi connectivity index (χ2v) is 3.67. The molecule has 0 aromatic carbocycles. The van der Waals surface area contributed by atoms with Crippen LogP contribution in [-0.2, 0) is 0 Å². The Morgan fingerprint density at radius 2 is 2.31 bits per heavy atom. The number of hydrogen-bond donors (Lipinski definition) is 0. The quantitative estimate of drug-likeness (QED) is 0.631. The largest absolute Gasteiger partial charge is 0.367 e. The van der Waals surface area contributed by atoms with E-state index in [0.29, 0.717) is 6.04 Å². The summed E-state index contributed by atoms with van der Waals surface area (Å²) in [5, 5.41) is 0.822. The van der Waals surface area contributed by atoms with Gasteiger partial charge in [0.1, 0.15) is 0 Å². The monoisotopic (exact) mass is 194 g/mol. The minimum absolute atomic E-state index is 0.337. The third-order valence-electron chi connectivity index (χ3n) is 2.44. The van der Waals surface area contributed by atoms with E-state index in [1.807, 2.05) is 25.4 Å². The van der Waals surface area contributed by atoms with Crippen LogP contribution in [0.5, 0.6) is 0 Å². The molecule has 0 N–H and O–H groups in total. The van der Waals surface area contributed by atoms with Crippen LogP contribution in [0.15, 0.2) is 24.5 Å². The van der Waals surface area contributed by atoms with Crippen LogP contribution >= 0.6 is 11.6 Å². The van der Waals surface area contributed by atoms with Gasteiger partial charge in [-0.15, -0.1) is 0 Å². The summed E-state index contributed by atoms with van der Waals surface area (Å²) in [6.07, 6.45) is 5.66. The Morgan fingerprint density at radius 3 is 3.08 bits per heavy atom. The van der Waals surface area contributed by atoms with Crippen molar-refractivity contribution in [1.82, 2.24) is 4.98 Å². The summed E-state index contributed by atoms with van der Waals surface area (Å²) in [5.74, 6) is 0. The smallest absolute Gasteiger partial charge is 0.0643 e. The molecule has 0 amide bonds. The molecule has 0 fully saturated rings. The van der Waals surface area contributed by atoms with Crippen molar-refractivity contribution < 1.29 is 0 Å². The summed E-state index contributed by atoms with van der Waals surface area (Å²) < 4.78 is 0. The molecule has 0 aliphatic carbocycles. The van der Waals surface area contributed by atoms with Gasteiger partial charge in [0, 0.05) is 29.9 Å². The fourth-order valence-electron chi connectivity index (χ4n) is 1.50. The minimum Gasteiger partial charge on any atom is -0.367 e. The Morgan fingerprint density at radius 1 is 1.54 bits per heavy atom. The number of aromatic nitrogens is 1. The van der Waals surface area contributed by atoms with Crippen LogP contribution in [0, 0.1) is 0 Å². The lowest BCUT2D eigenvalue weighted by atomic mass is 10.1. The Hall–Kier alpha value is -1.02. The van der Waals surface area contributed by atoms with E-state index in [9.17, 15) is 0 Å². The first-order chi connectivity index (χ1) is 6.20. The zero-order chi connectivity index (χ0) is 9.42. The van der Waals surface area contributed by atoms with E-state index in [4.69, 9.17) is 11.6 Å². The van der Waals surface area contributed by atoms with Gasteiger partial charge in [0.25, 0.3) is 0 Å². The molecular weight excluding hydrogens is 184 g/mol. The van der Waals surface area contributed by atoms with E-state index in [-0.39, 0.29) is 0 Å². The molecule has 0 bridgehead atoms. The van der Waals surface area contributed by atoms with Crippen molar-refractivity contribution in [2.24, 2.45) is 0 Å². The summed E-state index contributed by atoms with van der Waals surface area (Å²) in [6, 6.07) is 2.28. The Bertz CT molecular complexity index is 360. The zero-order valence-electron chi connectivity index (χ0n) is 7.66. The van der Waals surface area contributed by atoms with Crippen molar-refractivity contribution >= 4 is 22.3 Å². The van der Waals surface area contributed by atoms with Crippen molar-refractivity contribution in [3.63, 3.8) is 0 Å². The zero-order valence-corrected chi connectivity index (χ0v) is 8.42. The standard InChI is InChI=1S/C10H11ClN2/c1-7-5-9(11)8-3-4-12-6-10(8)13(7)2/h3-7H,1-2H3. The van der Waals surface area contributed by atoms with Gasteiger partial charge < -0.3 is 4.90 Å². The Balaban J connectivity index is 2.58. The minimum atomic E-state index is 0.337. The van der Waals surface area contributed by atoms with E-state index in [1.165, 1.54) is 0 Å². The molecule has 0 spiro atoms. The summed E-state index contributed by atoms with van der Waals surface area (Å²) >= 11 is 6.11. The Labute approximate surface area is 82.8 Å². The molecule has 13 heavy (non-hydrogen) atoms. The second-order valence-electron chi connectivity index (χ2n) is 3.26. The third-order valence-corrected chi connectivity index (χ3v) is 2.77. The van der Waals surface area contributed by atoms with Crippen LogP contribution in [0.2, 0.25) is 0 Å². The molecule has 2 nitrogen and oxygen atoms in total. The van der Waals surface area contributed by atoms with Crippen molar-refractivity contribution in [3.8, 4) is 0 Å². The van der Waals surface area contributed by atoms with Crippen LogP contribution < -0.4 is 4.90 Å². The maximum Gasteiger partial charge on any atom is 0.0643 e. The fourth-order valence-corrected chi connectivity index (χ4v) is 1.84. The lowest BCUT2D eigenvalue weighted by Crippen LogP contribution is -2.30. The van der Waals surface area contributed by atoms with Crippen LogP contribution in [0.4, 0.5) is 5.69 Å². The molecular formula is C10H11ClN2. The topological polar surface area (TPSA) is 16.1 Å². The number of nitrogens with zero attached hydrogens (tertiary/aromatic N) is 2. The number of halogens is 1. The molecule has 1 unspecified atom stereocenters. The number of hydrogen-bond acceptors (Lipinski definition) is 2. The molecule has 1 aromatic rings. The van der Waals surface area contributed by atoms with Gasteiger partial charge in [0.15, 0.2) is 0 Å². The van der Waals surface area contributed by atoms with Gasteiger partial charge in [0.05, 0.1) is 11.9 Å². The highest BCUT2D eigenvalue weighted by Crippen LogP contribution is 2.34. The van der Waals surface area contributed by atoms with Gasteiger partial charge in [-0.3, -0.25) is 4.98 Å². The first kappa shape index (κ1) is 8.57. The first-order valence-electron chi connectivity index (χ1n) is 4.24. The summed E-state index contributed by atoms with van der Waals surface area (Å²) in [5.41, 5.74) is 2.17. The maximum atomic E-state index is 6.11. The predicted octanol–water partition coefficient (Wildman–Crippen LogP) is 2.50. The van der Waals surface area contributed by atoms with Gasteiger partial charge in [0.2, 0.25) is 0 Å². The molecule has 1 aliphatic rings. The molecule has 1 aromatic heterocycles. The third kappa shape index (κ3) is 1.31. The SMILES string of the molecule is CC1C=C(Cl)c2ccncc2N1C. The van der Waals surface area contributed by atoms with Gasteiger partial charge in [-0.1, -0.05) is 11.6 Å². The normalized spacial score (nSPS) is 21.0. The Kier molecular flexibility index (Phi) is 2.00. The number of pyridine rings is 1. The molecule has 0 saturated carbocycles. The predicted molar refractivity (Wildman–Crippen MR) is 55.9 cm³/mol. The second kappa shape index (κ2) is 3.04. The lowest BCUT2D eigenvalue weighted by molar-refractivity contribution is 0.813. The molecule has 1 aliphatic heterocycles. The maximum absolute atomic E-state index is 6.11. The van der Waals surface area contributed by atoms with Crippen LogP contribution in [0.3, 0.4) is 0 Å². The molecule has 1 atom stereocenters. The average Bonchev–Trinajstić information content (AvgIpc) is 2.15. The molecule has 2 heterocycles. The number of rotatable bonds is 0. The summed E-state index contributed by atoms with van der Waals surface area (Å²) in [6.45, 7) is 2.11.